The molecular weight excluding hydrogens is 278 g/mol. The topological polar surface area (TPSA) is 46.1 Å². The van der Waals surface area contributed by atoms with Crippen molar-refractivity contribution in [2.75, 3.05) is 7.05 Å². The highest BCUT2D eigenvalue weighted by molar-refractivity contribution is 8.02. The first-order valence-corrected chi connectivity index (χ1v) is 7.64. The minimum absolute atomic E-state index is 0.101. The summed E-state index contributed by atoms with van der Waals surface area (Å²) in [6.07, 6.45) is 0. The lowest BCUT2D eigenvalue weighted by atomic mass is 10.2. The number of hydrogen-bond donors (Lipinski definition) is 0. The van der Waals surface area contributed by atoms with Crippen LogP contribution >= 0.6 is 23.1 Å². The van der Waals surface area contributed by atoms with Crippen LogP contribution in [0.5, 0.6) is 0 Å². The van der Waals surface area contributed by atoms with Crippen molar-refractivity contribution in [2.24, 2.45) is 0 Å². The predicted molar refractivity (Wildman–Crippen MR) is 78.1 cm³/mol. The van der Waals surface area contributed by atoms with E-state index in [0.717, 1.165) is 9.90 Å². The predicted octanol–water partition coefficient (Wildman–Crippen LogP) is 2.68. The first kappa shape index (κ1) is 14.0. The van der Waals surface area contributed by atoms with Gasteiger partial charge in [0.1, 0.15) is 5.51 Å². The van der Waals surface area contributed by atoms with Gasteiger partial charge in [-0.1, -0.05) is 53.4 Å². The van der Waals surface area contributed by atoms with E-state index in [1.165, 1.54) is 23.1 Å². The Kier molecular flexibility index (Phi) is 4.93. The Balaban J connectivity index is 1.91. The van der Waals surface area contributed by atoms with E-state index in [1.54, 1.807) is 10.4 Å². The normalized spacial score (nSPS) is 12.1. The van der Waals surface area contributed by atoms with Gasteiger partial charge in [-0.15, -0.1) is 10.2 Å². The summed E-state index contributed by atoms with van der Waals surface area (Å²) in [7, 11) is 1.83. The molecule has 1 aromatic heterocycles. The molecule has 0 N–H and O–H groups in total. The molecule has 0 aliphatic heterocycles. The number of carbonyl (C=O) groups excluding carboxylic acids is 1. The van der Waals surface area contributed by atoms with Gasteiger partial charge in [-0.2, -0.15) is 0 Å². The van der Waals surface area contributed by atoms with Crippen molar-refractivity contribution >= 4 is 29.0 Å². The van der Waals surface area contributed by atoms with E-state index >= 15 is 0 Å². The first-order chi connectivity index (χ1) is 9.16. The fourth-order valence-corrected chi connectivity index (χ4v) is 3.40. The molecule has 0 fully saturated rings. The summed E-state index contributed by atoms with van der Waals surface area (Å²) in [6, 6.07) is 9.97. The van der Waals surface area contributed by atoms with Gasteiger partial charge in [-0.05, 0) is 12.5 Å². The molecule has 1 amide bonds. The number of carbonyl (C=O) groups is 1. The Morgan fingerprint density at radius 1 is 1.42 bits per heavy atom. The van der Waals surface area contributed by atoms with E-state index in [4.69, 9.17) is 0 Å². The molecule has 6 heteroatoms. The van der Waals surface area contributed by atoms with Gasteiger partial charge < -0.3 is 4.90 Å². The van der Waals surface area contributed by atoms with Crippen LogP contribution < -0.4 is 0 Å². The fourth-order valence-electron chi connectivity index (χ4n) is 1.66. The Bertz CT molecular complexity index is 516. The van der Waals surface area contributed by atoms with Gasteiger partial charge in [0, 0.05) is 13.6 Å². The Morgan fingerprint density at radius 2 is 2.16 bits per heavy atom. The summed E-state index contributed by atoms with van der Waals surface area (Å²) < 4.78 is 0.828. The second-order valence-electron chi connectivity index (χ2n) is 4.14. The molecule has 1 heterocycles. The van der Waals surface area contributed by atoms with E-state index in [0.29, 0.717) is 6.54 Å². The highest BCUT2D eigenvalue weighted by Crippen LogP contribution is 2.25. The van der Waals surface area contributed by atoms with Crippen molar-refractivity contribution in [3.8, 4) is 0 Å². The lowest BCUT2D eigenvalue weighted by Gasteiger charge is -2.20. The highest BCUT2D eigenvalue weighted by atomic mass is 32.2. The monoisotopic (exact) mass is 293 g/mol. The van der Waals surface area contributed by atoms with Crippen molar-refractivity contribution in [2.45, 2.75) is 23.1 Å². The molecule has 0 radical (unpaired) electrons. The molecule has 0 spiro atoms. The van der Waals surface area contributed by atoms with Crippen LogP contribution in [0.2, 0.25) is 0 Å². The number of amides is 1. The Hall–Kier alpha value is -1.40. The van der Waals surface area contributed by atoms with Crippen LogP contribution in [0, 0.1) is 0 Å². The first-order valence-electron chi connectivity index (χ1n) is 5.88. The van der Waals surface area contributed by atoms with Crippen LogP contribution in [0.15, 0.2) is 40.2 Å². The molecule has 1 aromatic carbocycles. The SMILES string of the molecule is C[C@@H](Sc1nncs1)C(=O)N(C)Cc1ccccc1. The van der Waals surface area contributed by atoms with Crippen LogP contribution in [-0.2, 0) is 11.3 Å². The van der Waals surface area contributed by atoms with Crippen molar-refractivity contribution in [1.29, 1.82) is 0 Å². The minimum atomic E-state index is -0.151. The molecule has 2 rings (SSSR count). The van der Waals surface area contributed by atoms with Gasteiger partial charge >= 0.3 is 0 Å². The van der Waals surface area contributed by atoms with E-state index in [2.05, 4.69) is 10.2 Å². The van der Waals surface area contributed by atoms with Gasteiger partial charge in [0.2, 0.25) is 5.91 Å². The average molecular weight is 293 g/mol. The van der Waals surface area contributed by atoms with Gasteiger partial charge in [-0.25, -0.2) is 0 Å². The van der Waals surface area contributed by atoms with E-state index in [1.807, 2.05) is 44.3 Å². The second-order valence-corrected chi connectivity index (χ2v) is 6.57. The van der Waals surface area contributed by atoms with E-state index in [9.17, 15) is 4.79 Å². The van der Waals surface area contributed by atoms with Crippen LogP contribution in [0.25, 0.3) is 0 Å². The second kappa shape index (κ2) is 6.68. The zero-order valence-electron chi connectivity index (χ0n) is 10.8. The summed E-state index contributed by atoms with van der Waals surface area (Å²) in [5.41, 5.74) is 2.80. The number of rotatable bonds is 5. The smallest absolute Gasteiger partial charge is 0.235 e. The highest BCUT2D eigenvalue weighted by Gasteiger charge is 2.19. The van der Waals surface area contributed by atoms with Crippen molar-refractivity contribution in [1.82, 2.24) is 15.1 Å². The number of aromatic nitrogens is 2. The molecule has 0 aliphatic carbocycles. The molecule has 2 aromatic rings. The number of hydrogen-bond acceptors (Lipinski definition) is 5. The Labute approximate surface area is 120 Å². The minimum Gasteiger partial charge on any atom is -0.340 e. The molecule has 0 unspecified atom stereocenters. The van der Waals surface area contributed by atoms with Crippen LogP contribution in [0.3, 0.4) is 0 Å². The zero-order valence-corrected chi connectivity index (χ0v) is 12.4. The maximum absolute atomic E-state index is 12.2. The molecule has 0 aliphatic rings. The number of benzene rings is 1. The van der Waals surface area contributed by atoms with Crippen LogP contribution in [0.4, 0.5) is 0 Å². The third-order valence-electron chi connectivity index (χ3n) is 2.60. The summed E-state index contributed by atoms with van der Waals surface area (Å²) in [5, 5.41) is 7.56. The van der Waals surface area contributed by atoms with Gasteiger partial charge in [0.05, 0.1) is 5.25 Å². The maximum Gasteiger partial charge on any atom is 0.235 e. The van der Waals surface area contributed by atoms with E-state index in [-0.39, 0.29) is 11.2 Å². The summed E-state index contributed by atoms with van der Waals surface area (Å²) in [5.74, 6) is 0.101. The van der Waals surface area contributed by atoms with Crippen molar-refractivity contribution < 1.29 is 4.79 Å². The molecule has 100 valence electrons. The largest absolute Gasteiger partial charge is 0.340 e. The molecular formula is C13H15N3OS2. The summed E-state index contributed by atoms with van der Waals surface area (Å²) in [6.45, 7) is 2.52. The quantitative estimate of drug-likeness (QED) is 0.795. The van der Waals surface area contributed by atoms with Gasteiger partial charge in [-0.3, -0.25) is 4.79 Å². The average Bonchev–Trinajstić information content (AvgIpc) is 2.91. The lowest BCUT2D eigenvalue weighted by molar-refractivity contribution is -0.129. The van der Waals surface area contributed by atoms with Crippen LogP contribution in [0.1, 0.15) is 12.5 Å². The molecule has 0 bridgehead atoms. The van der Waals surface area contributed by atoms with Crippen molar-refractivity contribution in [3.63, 3.8) is 0 Å². The third kappa shape index (κ3) is 4.04. The molecule has 4 nitrogen and oxygen atoms in total. The standard InChI is InChI=1S/C13H15N3OS2/c1-10(19-13-15-14-9-18-13)12(17)16(2)8-11-6-4-3-5-7-11/h3-7,9-10H,8H2,1-2H3/t10-/m1/s1. The third-order valence-corrected chi connectivity index (χ3v) is 4.50. The number of nitrogens with zero attached hydrogens (tertiary/aromatic N) is 3. The molecule has 19 heavy (non-hydrogen) atoms. The summed E-state index contributed by atoms with van der Waals surface area (Å²) in [4.78, 5) is 14.0. The summed E-state index contributed by atoms with van der Waals surface area (Å²) >= 11 is 2.91. The molecule has 0 saturated carbocycles. The van der Waals surface area contributed by atoms with E-state index < -0.39 is 0 Å². The maximum atomic E-state index is 12.2. The number of thioether (sulfide) groups is 1. The molecule has 0 saturated heterocycles. The van der Waals surface area contributed by atoms with Crippen LogP contribution in [-0.4, -0.2) is 33.3 Å². The van der Waals surface area contributed by atoms with Gasteiger partial charge in [0.25, 0.3) is 0 Å². The fraction of sp³-hybridized carbons (Fsp3) is 0.308. The Morgan fingerprint density at radius 3 is 2.79 bits per heavy atom. The molecule has 1 atom stereocenters. The van der Waals surface area contributed by atoms with Gasteiger partial charge in [0.15, 0.2) is 4.34 Å². The van der Waals surface area contributed by atoms with Crippen molar-refractivity contribution in [3.05, 3.63) is 41.4 Å². The lowest BCUT2D eigenvalue weighted by Crippen LogP contribution is -2.32. The zero-order chi connectivity index (χ0) is 13.7.